The molecule has 0 saturated carbocycles. The van der Waals surface area contributed by atoms with Crippen molar-refractivity contribution in [3.63, 3.8) is 0 Å². The molecule has 14 heavy (non-hydrogen) atoms. The first-order valence-corrected chi connectivity index (χ1v) is 6.66. The summed E-state index contributed by atoms with van der Waals surface area (Å²) in [6.07, 6.45) is 0. The standard InChI is InChI=1S/C11H24N2S/c1-9(12)10(11(2,3)4)13-5-7-14-8-6-13/h9-10H,5-8,12H2,1-4H3. The molecule has 0 spiro atoms. The van der Waals surface area contributed by atoms with E-state index in [1.165, 1.54) is 24.6 Å². The Morgan fingerprint density at radius 3 is 2.07 bits per heavy atom. The fourth-order valence-electron chi connectivity index (χ4n) is 2.52. The van der Waals surface area contributed by atoms with E-state index in [4.69, 9.17) is 5.73 Å². The maximum absolute atomic E-state index is 6.11. The van der Waals surface area contributed by atoms with E-state index in [1.807, 2.05) is 0 Å². The van der Waals surface area contributed by atoms with Crippen LogP contribution in [0.5, 0.6) is 0 Å². The Morgan fingerprint density at radius 1 is 1.21 bits per heavy atom. The summed E-state index contributed by atoms with van der Waals surface area (Å²) in [6, 6.07) is 0.779. The first-order chi connectivity index (χ1) is 6.43. The number of nitrogens with two attached hydrogens (primary N) is 1. The van der Waals surface area contributed by atoms with Crippen LogP contribution >= 0.6 is 11.8 Å². The molecule has 1 rings (SSSR count). The lowest BCUT2D eigenvalue weighted by Gasteiger charge is -2.44. The Labute approximate surface area is 92.6 Å². The average molecular weight is 216 g/mol. The fourth-order valence-corrected chi connectivity index (χ4v) is 3.46. The van der Waals surface area contributed by atoms with Crippen molar-refractivity contribution >= 4 is 11.8 Å². The minimum absolute atomic E-state index is 0.262. The van der Waals surface area contributed by atoms with Gasteiger partial charge in [0.05, 0.1) is 0 Å². The molecule has 0 bridgehead atoms. The number of rotatable bonds is 2. The van der Waals surface area contributed by atoms with Crippen molar-refractivity contribution in [3.05, 3.63) is 0 Å². The van der Waals surface area contributed by atoms with Gasteiger partial charge in [0, 0.05) is 36.7 Å². The monoisotopic (exact) mass is 216 g/mol. The fraction of sp³-hybridized carbons (Fsp3) is 1.00. The molecule has 3 heteroatoms. The Morgan fingerprint density at radius 2 is 1.71 bits per heavy atom. The second-order valence-corrected chi connectivity index (χ2v) is 6.54. The molecule has 0 aromatic rings. The lowest BCUT2D eigenvalue weighted by molar-refractivity contribution is 0.0915. The normalized spacial score (nSPS) is 24.6. The zero-order valence-electron chi connectivity index (χ0n) is 9.92. The number of thioether (sulfide) groups is 1. The lowest BCUT2D eigenvalue weighted by atomic mass is 9.82. The van der Waals surface area contributed by atoms with Crippen molar-refractivity contribution < 1.29 is 0 Å². The van der Waals surface area contributed by atoms with Crippen LogP contribution in [-0.2, 0) is 0 Å². The van der Waals surface area contributed by atoms with Crippen molar-refractivity contribution in [2.24, 2.45) is 11.1 Å². The molecule has 0 amide bonds. The molecule has 0 aliphatic carbocycles. The maximum Gasteiger partial charge on any atom is 0.0293 e. The SMILES string of the molecule is CC(N)C(N1CCSCC1)C(C)(C)C. The Kier molecular flexibility index (Phi) is 4.29. The van der Waals surface area contributed by atoms with E-state index in [2.05, 4.69) is 44.4 Å². The van der Waals surface area contributed by atoms with Gasteiger partial charge in [-0.2, -0.15) is 11.8 Å². The summed E-state index contributed by atoms with van der Waals surface area (Å²) in [5, 5.41) is 0. The van der Waals surface area contributed by atoms with E-state index < -0.39 is 0 Å². The van der Waals surface area contributed by atoms with E-state index in [0.29, 0.717) is 6.04 Å². The third-order valence-corrected chi connectivity index (χ3v) is 3.77. The zero-order valence-corrected chi connectivity index (χ0v) is 10.7. The van der Waals surface area contributed by atoms with Gasteiger partial charge in [0.1, 0.15) is 0 Å². The summed E-state index contributed by atoms with van der Waals surface area (Å²) in [7, 11) is 0. The first kappa shape index (κ1) is 12.3. The highest BCUT2D eigenvalue weighted by atomic mass is 32.2. The molecular formula is C11H24N2S. The van der Waals surface area contributed by atoms with E-state index in [-0.39, 0.29) is 11.5 Å². The molecular weight excluding hydrogens is 192 g/mol. The van der Waals surface area contributed by atoms with Crippen LogP contribution < -0.4 is 5.73 Å². The van der Waals surface area contributed by atoms with Gasteiger partial charge in [-0.15, -0.1) is 0 Å². The molecule has 1 aliphatic rings. The lowest BCUT2D eigenvalue weighted by Crippen LogP contribution is -2.55. The quantitative estimate of drug-likeness (QED) is 0.763. The van der Waals surface area contributed by atoms with Gasteiger partial charge in [0.2, 0.25) is 0 Å². The number of nitrogens with zero attached hydrogens (tertiary/aromatic N) is 1. The van der Waals surface area contributed by atoms with Gasteiger partial charge >= 0.3 is 0 Å². The molecule has 0 aromatic carbocycles. The molecule has 1 saturated heterocycles. The molecule has 1 fully saturated rings. The molecule has 84 valence electrons. The van der Waals surface area contributed by atoms with E-state index >= 15 is 0 Å². The molecule has 0 aromatic heterocycles. The molecule has 1 aliphatic heterocycles. The summed E-state index contributed by atoms with van der Waals surface area (Å²) in [5.41, 5.74) is 6.39. The van der Waals surface area contributed by atoms with Gasteiger partial charge in [0.15, 0.2) is 0 Å². The number of hydrogen-bond acceptors (Lipinski definition) is 3. The minimum Gasteiger partial charge on any atom is -0.327 e. The van der Waals surface area contributed by atoms with Crippen LogP contribution in [-0.4, -0.2) is 41.6 Å². The minimum atomic E-state index is 0.262. The predicted octanol–water partition coefficient (Wildman–Crippen LogP) is 1.80. The van der Waals surface area contributed by atoms with Crippen LogP contribution in [0.1, 0.15) is 27.7 Å². The molecule has 2 atom stereocenters. The van der Waals surface area contributed by atoms with Gasteiger partial charge < -0.3 is 5.73 Å². The van der Waals surface area contributed by atoms with Crippen LogP contribution in [0, 0.1) is 5.41 Å². The van der Waals surface area contributed by atoms with Gasteiger partial charge in [-0.25, -0.2) is 0 Å². The first-order valence-electron chi connectivity index (χ1n) is 5.50. The molecule has 0 radical (unpaired) electrons. The van der Waals surface area contributed by atoms with Crippen LogP contribution in [0.2, 0.25) is 0 Å². The highest BCUT2D eigenvalue weighted by molar-refractivity contribution is 7.99. The zero-order chi connectivity index (χ0) is 10.8. The highest BCUT2D eigenvalue weighted by Crippen LogP contribution is 2.28. The van der Waals surface area contributed by atoms with E-state index in [0.717, 1.165) is 0 Å². The topological polar surface area (TPSA) is 29.3 Å². The highest BCUT2D eigenvalue weighted by Gasteiger charge is 2.33. The third kappa shape index (κ3) is 3.14. The smallest absolute Gasteiger partial charge is 0.0293 e. The van der Waals surface area contributed by atoms with Gasteiger partial charge in [-0.3, -0.25) is 4.90 Å². The summed E-state index contributed by atoms with van der Waals surface area (Å²) in [6.45, 7) is 11.4. The summed E-state index contributed by atoms with van der Waals surface area (Å²) in [5.74, 6) is 2.53. The maximum atomic E-state index is 6.11. The Hall–Kier alpha value is 0.270. The third-order valence-electron chi connectivity index (χ3n) is 2.82. The second kappa shape index (κ2) is 4.86. The summed E-state index contributed by atoms with van der Waals surface area (Å²) >= 11 is 2.06. The van der Waals surface area contributed by atoms with Crippen molar-refractivity contribution in [2.45, 2.75) is 39.8 Å². The van der Waals surface area contributed by atoms with Crippen LogP contribution in [0.25, 0.3) is 0 Å². The molecule has 2 nitrogen and oxygen atoms in total. The van der Waals surface area contributed by atoms with Crippen molar-refractivity contribution in [1.29, 1.82) is 0 Å². The van der Waals surface area contributed by atoms with Crippen molar-refractivity contribution in [1.82, 2.24) is 4.90 Å². The average Bonchev–Trinajstić information content (AvgIpc) is 2.02. The molecule has 1 heterocycles. The van der Waals surface area contributed by atoms with Crippen LogP contribution in [0.15, 0.2) is 0 Å². The molecule has 2 unspecified atom stereocenters. The largest absolute Gasteiger partial charge is 0.327 e. The second-order valence-electron chi connectivity index (χ2n) is 5.32. The summed E-state index contributed by atoms with van der Waals surface area (Å²) < 4.78 is 0. The van der Waals surface area contributed by atoms with Gasteiger partial charge in [0.25, 0.3) is 0 Å². The Balaban J connectivity index is 2.66. The predicted molar refractivity (Wildman–Crippen MR) is 65.8 cm³/mol. The Bertz CT molecular complexity index is 169. The van der Waals surface area contributed by atoms with Gasteiger partial charge in [-0.05, 0) is 12.3 Å². The molecule has 2 N–H and O–H groups in total. The van der Waals surface area contributed by atoms with Crippen LogP contribution in [0.3, 0.4) is 0 Å². The van der Waals surface area contributed by atoms with E-state index in [1.54, 1.807) is 0 Å². The number of hydrogen-bond donors (Lipinski definition) is 1. The van der Waals surface area contributed by atoms with Crippen molar-refractivity contribution in [3.8, 4) is 0 Å². The van der Waals surface area contributed by atoms with Crippen molar-refractivity contribution in [2.75, 3.05) is 24.6 Å². The van der Waals surface area contributed by atoms with Crippen LogP contribution in [0.4, 0.5) is 0 Å². The van der Waals surface area contributed by atoms with Gasteiger partial charge in [-0.1, -0.05) is 20.8 Å². The van der Waals surface area contributed by atoms with E-state index in [9.17, 15) is 0 Å². The summed E-state index contributed by atoms with van der Waals surface area (Å²) in [4.78, 5) is 2.57.